The summed E-state index contributed by atoms with van der Waals surface area (Å²) >= 11 is 24.1. The molecule has 0 saturated carbocycles. The summed E-state index contributed by atoms with van der Waals surface area (Å²) in [6, 6.07) is 11.6. The number of benzene rings is 2. The minimum Gasteiger partial charge on any atom is -0.272 e. The molecule has 0 aliphatic carbocycles. The second-order valence-electron chi connectivity index (χ2n) is 5.13. The predicted octanol–water partition coefficient (Wildman–Crippen LogP) is 5.45. The van der Waals surface area contributed by atoms with Gasteiger partial charge < -0.3 is 0 Å². The molecule has 1 aromatic heterocycles. The van der Waals surface area contributed by atoms with Gasteiger partial charge >= 0.3 is 0 Å². The van der Waals surface area contributed by atoms with Crippen LogP contribution >= 0.6 is 46.4 Å². The Bertz CT molecular complexity index is 980. The third-order valence-corrected chi connectivity index (χ3v) is 4.60. The van der Waals surface area contributed by atoms with Crippen molar-refractivity contribution in [3.8, 4) is 11.3 Å². The third kappa shape index (κ3) is 4.19. The lowest BCUT2D eigenvalue weighted by molar-refractivity contribution is 0.0950. The zero-order valence-corrected chi connectivity index (χ0v) is 16.0. The van der Waals surface area contributed by atoms with Gasteiger partial charge in [0.25, 0.3) is 5.91 Å². The maximum atomic E-state index is 12.2. The summed E-state index contributed by atoms with van der Waals surface area (Å²) in [6.07, 6.45) is 1.37. The van der Waals surface area contributed by atoms with Gasteiger partial charge in [-0.15, -0.1) is 0 Å². The van der Waals surface area contributed by atoms with Gasteiger partial charge in [-0.2, -0.15) is 10.2 Å². The van der Waals surface area contributed by atoms with Gasteiger partial charge in [0.15, 0.2) is 0 Å². The molecule has 2 N–H and O–H groups in total. The summed E-state index contributed by atoms with van der Waals surface area (Å²) in [4.78, 5) is 12.2. The van der Waals surface area contributed by atoms with Crippen molar-refractivity contribution in [2.45, 2.75) is 0 Å². The summed E-state index contributed by atoms with van der Waals surface area (Å²) in [5.41, 5.74) is 4.26. The SMILES string of the molecule is O=C(N/N=C\c1c(Cl)cccc1Cl)c1cc(-c2ccc(Cl)cc2Cl)n[nH]1. The molecule has 0 spiro atoms. The van der Waals surface area contributed by atoms with Gasteiger partial charge in [-0.05, 0) is 36.4 Å². The molecule has 9 heteroatoms. The molecule has 0 aliphatic rings. The highest BCUT2D eigenvalue weighted by Crippen LogP contribution is 2.29. The largest absolute Gasteiger partial charge is 0.289 e. The molecule has 0 fully saturated rings. The van der Waals surface area contributed by atoms with Gasteiger partial charge in [0.05, 0.1) is 27.0 Å². The van der Waals surface area contributed by atoms with E-state index in [0.29, 0.717) is 36.9 Å². The van der Waals surface area contributed by atoms with E-state index in [2.05, 4.69) is 20.7 Å². The predicted molar refractivity (Wildman–Crippen MR) is 106 cm³/mol. The van der Waals surface area contributed by atoms with Crippen LogP contribution in [-0.2, 0) is 0 Å². The topological polar surface area (TPSA) is 70.1 Å². The lowest BCUT2D eigenvalue weighted by Crippen LogP contribution is -2.18. The minimum absolute atomic E-state index is 0.216. The number of aromatic nitrogens is 2. The molecule has 3 rings (SSSR count). The van der Waals surface area contributed by atoms with Crippen LogP contribution < -0.4 is 5.43 Å². The van der Waals surface area contributed by atoms with Crippen LogP contribution in [0.5, 0.6) is 0 Å². The van der Waals surface area contributed by atoms with Crippen molar-refractivity contribution >= 4 is 58.5 Å². The summed E-state index contributed by atoms with van der Waals surface area (Å²) in [5, 5.41) is 12.4. The highest BCUT2D eigenvalue weighted by atomic mass is 35.5. The molecule has 2 aromatic carbocycles. The number of nitrogens with zero attached hydrogens (tertiary/aromatic N) is 2. The second-order valence-corrected chi connectivity index (χ2v) is 6.78. The van der Waals surface area contributed by atoms with Crippen LogP contribution in [0.4, 0.5) is 0 Å². The molecule has 5 nitrogen and oxygen atoms in total. The fourth-order valence-corrected chi connectivity index (χ4v) is 3.12. The average molecular weight is 428 g/mol. The van der Waals surface area contributed by atoms with Gasteiger partial charge in [0.1, 0.15) is 5.69 Å². The number of rotatable bonds is 4. The first kappa shape index (κ1) is 18.7. The molecule has 0 radical (unpaired) electrons. The molecule has 0 saturated heterocycles. The number of nitrogens with one attached hydrogen (secondary N) is 2. The molecule has 0 atom stereocenters. The molecule has 1 amide bonds. The number of hydrazone groups is 1. The fourth-order valence-electron chi connectivity index (χ4n) is 2.12. The Morgan fingerprint density at radius 1 is 1.04 bits per heavy atom. The lowest BCUT2D eigenvalue weighted by Gasteiger charge is -2.01. The van der Waals surface area contributed by atoms with Crippen LogP contribution in [0.1, 0.15) is 16.1 Å². The first-order valence-electron chi connectivity index (χ1n) is 7.24. The van der Waals surface area contributed by atoms with Gasteiger partial charge in [0.2, 0.25) is 0 Å². The Hall–Kier alpha value is -2.05. The van der Waals surface area contributed by atoms with Crippen molar-refractivity contribution in [2.24, 2.45) is 5.10 Å². The number of hydrogen-bond donors (Lipinski definition) is 2. The lowest BCUT2D eigenvalue weighted by atomic mass is 10.1. The normalized spacial score (nSPS) is 11.1. The summed E-state index contributed by atoms with van der Waals surface area (Å²) < 4.78 is 0. The Morgan fingerprint density at radius 2 is 1.77 bits per heavy atom. The number of hydrogen-bond acceptors (Lipinski definition) is 3. The van der Waals surface area contributed by atoms with E-state index < -0.39 is 5.91 Å². The summed E-state index contributed by atoms with van der Waals surface area (Å²) in [7, 11) is 0. The highest BCUT2D eigenvalue weighted by Gasteiger charge is 2.13. The first-order valence-corrected chi connectivity index (χ1v) is 8.75. The van der Waals surface area contributed by atoms with E-state index in [1.165, 1.54) is 6.21 Å². The summed E-state index contributed by atoms with van der Waals surface area (Å²) in [6.45, 7) is 0. The highest BCUT2D eigenvalue weighted by molar-refractivity contribution is 6.38. The van der Waals surface area contributed by atoms with Crippen LogP contribution in [0.25, 0.3) is 11.3 Å². The third-order valence-electron chi connectivity index (χ3n) is 3.39. The van der Waals surface area contributed by atoms with Crippen LogP contribution in [0.2, 0.25) is 20.1 Å². The van der Waals surface area contributed by atoms with Gasteiger partial charge in [-0.1, -0.05) is 52.5 Å². The van der Waals surface area contributed by atoms with E-state index >= 15 is 0 Å². The molecule has 3 aromatic rings. The average Bonchev–Trinajstić information content (AvgIpc) is 3.07. The number of aromatic amines is 1. The zero-order valence-electron chi connectivity index (χ0n) is 12.9. The Balaban J connectivity index is 1.73. The standard InChI is InChI=1S/C17H10Cl4N4O/c18-9-4-5-10(14(21)6-9)15-7-16(24-23-15)17(26)25-22-8-11-12(19)2-1-3-13(11)20/h1-8H,(H,23,24)(H,25,26)/b22-8-. The molecule has 132 valence electrons. The minimum atomic E-state index is -0.478. The Labute approximate surface area is 168 Å². The number of halogens is 4. The van der Waals surface area contributed by atoms with Gasteiger partial charge in [-0.3, -0.25) is 9.89 Å². The first-order chi connectivity index (χ1) is 12.5. The molecular weight excluding hydrogens is 418 g/mol. The van der Waals surface area contributed by atoms with E-state index in [9.17, 15) is 4.79 Å². The number of amides is 1. The van der Waals surface area contributed by atoms with E-state index in [4.69, 9.17) is 46.4 Å². The van der Waals surface area contributed by atoms with Crippen LogP contribution in [0.15, 0.2) is 47.6 Å². The van der Waals surface area contributed by atoms with E-state index in [0.717, 1.165) is 0 Å². The Morgan fingerprint density at radius 3 is 2.46 bits per heavy atom. The van der Waals surface area contributed by atoms with Crippen LogP contribution in [-0.4, -0.2) is 22.3 Å². The van der Waals surface area contributed by atoms with Crippen molar-refractivity contribution in [3.63, 3.8) is 0 Å². The van der Waals surface area contributed by atoms with Crippen molar-refractivity contribution in [1.82, 2.24) is 15.6 Å². The van der Waals surface area contributed by atoms with Crippen molar-refractivity contribution in [3.05, 3.63) is 73.8 Å². The number of carbonyl (C=O) groups excluding carboxylic acids is 1. The molecule has 0 bridgehead atoms. The van der Waals surface area contributed by atoms with Crippen molar-refractivity contribution in [2.75, 3.05) is 0 Å². The van der Waals surface area contributed by atoms with E-state index in [1.807, 2.05) is 0 Å². The molecule has 1 heterocycles. The zero-order chi connectivity index (χ0) is 18.7. The smallest absolute Gasteiger partial charge is 0.272 e. The van der Waals surface area contributed by atoms with Gasteiger partial charge in [-0.25, -0.2) is 5.43 Å². The van der Waals surface area contributed by atoms with Crippen molar-refractivity contribution in [1.29, 1.82) is 0 Å². The van der Waals surface area contributed by atoms with E-state index in [-0.39, 0.29) is 5.69 Å². The fraction of sp³-hybridized carbons (Fsp3) is 0. The number of carbonyl (C=O) groups is 1. The van der Waals surface area contributed by atoms with Crippen molar-refractivity contribution < 1.29 is 4.79 Å². The molecule has 26 heavy (non-hydrogen) atoms. The van der Waals surface area contributed by atoms with Gasteiger partial charge in [0, 0.05) is 16.1 Å². The molecular formula is C17H10Cl4N4O. The maximum absolute atomic E-state index is 12.2. The van der Waals surface area contributed by atoms with Crippen LogP contribution in [0, 0.1) is 0 Å². The quantitative estimate of drug-likeness (QED) is 0.429. The second kappa shape index (κ2) is 8.10. The summed E-state index contributed by atoms with van der Waals surface area (Å²) in [5.74, 6) is -0.478. The number of H-pyrrole nitrogens is 1. The molecule has 0 aliphatic heterocycles. The Kier molecular flexibility index (Phi) is 5.84. The van der Waals surface area contributed by atoms with Crippen LogP contribution in [0.3, 0.4) is 0 Å². The molecule has 0 unspecified atom stereocenters. The maximum Gasteiger partial charge on any atom is 0.289 e. The monoisotopic (exact) mass is 426 g/mol. The van der Waals surface area contributed by atoms with E-state index in [1.54, 1.807) is 42.5 Å².